The molecule has 1 atom stereocenters. The second kappa shape index (κ2) is 11.1. The highest BCUT2D eigenvalue weighted by Gasteiger charge is 2.22. The first-order valence-electron chi connectivity index (χ1n) is 10.6. The molecule has 1 fully saturated rings. The molecule has 1 aliphatic heterocycles. The Kier molecular flexibility index (Phi) is 9.07. The van der Waals surface area contributed by atoms with Crippen LogP contribution in [0.5, 0.6) is 0 Å². The van der Waals surface area contributed by atoms with Gasteiger partial charge in [0.05, 0.1) is 24.9 Å². The Morgan fingerprint density at radius 2 is 1.93 bits per heavy atom. The number of ether oxygens (including phenoxy) is 1. The number of nitrogens with zero attached hydrogens (tertiary/aromatic N) is 3. The molecule has 2 rings (SSSR count). The minimum atomic E-state index is -0.482. The quantitative estimate of drug-likeness (QED) is 0.607. The van der Waals surface area contributed by atoms with Gasteiger partial charge in [-0.3, -0.25) is 14.6 Å². The van der Waals surface area contributed by atoms with E-state index in [9.17, 15) is 9.90 Å². The van der Waals surface area contributed by atoms with Gasteiger partial charge in [0.2, 0.25) is 5.89 Å². The molecule has 0 aliphatic carbocycles. The number of amides is 1. The zero-order chi connectivity index (χ0) is 21.4. The monoisotopic (exact) mass is 410 g/mol. The van der Waals surface area contributed by atoms with Gasteiger partial charge in [-0.05, 0) is 33.1 Å². The van der Waals surface area contributed by atoms with Crippen molar-refractivity contribution >= 4 is 5.91 Å². The predicted molar refractivity (Wildman–Crippen MR) is 112 cm³/mol. The van der Waals surface area contributed by atoms with Gasteiger partial charge >= 0.3 is 0 Å². The molecule has 2 heterocycles. The zero-order valence-corrected chi connectivity index (χ0v) is 18.6. The molecule has 1 amide bonds. The highest BCUT2D eigenvalue weighted by Crippen LogP contribution is 2.11. The van der Waals surface area contributed by atoms with Gasteiger partial charge in [0.1, 0.15) is 6.26 Å². The highest BCUT2D eigenvalue weighted by molar-refractivity contribution is 5.91. The summed E-state index contributed by atoms with van der Waals surface area (Å²) in [7, 11) is 0. The fourth-order valence-electron chi connectivity index (χ4n) is 3.07. The number of β-amino-alcohol motifs (C(OH)–C–C–N with tert-alkyl or cyclic N) is 1. The molecule has 0 saturated carbocycles. The van der Waals surface area contributed by atoms with Crippen LogP contribution in [-0.4, -0.2) is 83.4 Å². The molecule has 1 aromatic rings. The fraction of sp³-hybridized carbons (Fsp3) is 0.810. The molecule has 1 saturated heterocycles. The Morgan fingerprint density at radius 3 is 2.55 bits per heavy atom. The van der Waals surface area contributed by atoms with Crippen molar-refractivity contribution in [2.75, 3.05) is 45.9 Å². The molecule has 29 heavy (non-hydrogen) atoms. The number of aliphatic hydroxyl groups is 1. The molecule has 0 bridgehead atoms. The summed E-state index contributed by atoms with van der Waals surface area (Å²) in [5.41, 5.74) is 0.101. The molecule has 1 unspecified atom stereocenters. The van der Waals surface area contributed by atoms with Crippen LogP contribution in [0.2, 0.25) is 0 Å². The average molecular weight is 411 g/mol. The van der Waals surface area contributed by atoms with Gasteiger partial charge in [-0.25, -0.2) is 4.98 Å². The number of hydrogen-bond acceptors (Lipinski definition) is 7. The summed E-state index contributed by atoms with van der Waals surface area (Å²) in [6, 6.07) is 0. The topological polar surface area (TPSA) is 91.1 Å². The maximum atomic E-state index is 12.1. The van der Waals surface area contributed by atoms with Gasteiger partial charge < -0.3 is 19.6 Å². The van der Waals surface area contributed by atoms with Crippen LogP contribution < -0.4 is 5.32 Å². The lowest BCUT2D eigenvalue weighted by Gasteiger charge is -2.35. The maximum absolute atomic E-state index is 12.1. The zero-order valence-electron chi connectivity index (χ0n) is 18.6. The Morgan fingerprint density at radius 1 is 1.28 bits per heavy atom. The van der Waals surface area contributed by atoms with Crippen molar-refractivity contribution in [1.82, 2.24) is 20.1 Å². The van der Waals surface area contributed by atoms with Gasteiger partial charge in [0, 0.05) is 39.3 Å². The van der Waals surface area contributed by atoms with E-state index in [0.29, 0.717) is 43.7 Å². The molecule has 1 aromatic heterocycles. The lowest BCUT2D eigenvalue weighted by Crippen LogP contribution is -2.49. The fourth-order valence-corrected chi connectivity index (χ4v) is 3.07. The largest absolute Gasteiger partial charge is 0.447 e. The lowest BCUT2D eigenvalue weighted by atomic mass is 10.1. The van der Waals surface area contributed by atoms with Crippen LogP contribution in [0, 0.1) is 5.92 Å². The van der Waals surface area contributed by atoms with Crippen molar-refractivity contribution < 1.29 is 19.1 Å². The van der Waals surface area contributed by atoms with Gasteiger partial charge in [-0.15, -0.1) is 0 Å². The van der Waals surface area contributed by atoms with E-state index in [2.05, 4.69) is 33.9 Å². The van der Waals surface area contributed by atoms with E-state index in [1.54, 1.807) is 0 Å². The van der Waals surface area contributed by atoms with Crippen molar-refractivity contribution in [3.8, 4) is 0 Å². The van der Waals surface area contributed by atoms with E-state index in [0.717, 1.165) is 32.6 Å². The highest BCUT2D eigenvalue weighted by atomic mass is 16.5. The summed E-state index contributed by atoms with van der Waals surface area (Å²) in [5, 5.41) is 13.0. The van der Waals surface area contributed by atoms with E-state index in [1.807, 2.05) is 20.8 Å². The van der Waals surface area contributed by atoms with Crippen molar-refractivity contribution in [2.24, 2.45) is 5.92 Å². The predicted octanol–water partition coefficient (Wildman–Crippen LogP) is 1.74. The SMILES string of the molecule is CC(C)CCNC(=O)c1coc(CN2CCN(CC(O)COC(C)(C)C)CC2)n1. The standard InChI is InChI=1S/C21H38N4O4/c1-16(2)6-7-22-20(27)18-15-28-19(23-18)13-25-10-8-24(9-11-25)12-17(26)14-29-21(3,4)5/h15-17,26H,6-14H2,1-5H3,(H,22,27). The van der Waals surface area contributed by atoms with E-state index in [1.165, 1.54) is 6.26 Å². The summed E-state index contributed by atoms with van der Waals surface area (Å²) in [5.74, 6) is 0.928. The minimum Gasteiger partial charge on any atom is -0.447 e. The van der Waals surface area contributed by atoms with Crippen LogP contribution in [0.3, 0.4) is 0 Å². The number of rotatable bonds is 10. The van der Waals surface area contributed by atoms with E-state index >= 15 is 0 Å². The van der Waals surface area contributed by atoms with Gasteiger partial charge in [0.15, 0.2) is 5.69 Å². The third-order valence-corrected chi connectivity index (χ3v) is 4.79. The van der Waals surface area contributed by atoms with E-state index in [4.69, 9.17) is 9.15 Å². The number of aliphatic hydroxyl groups excluding tert-OH is 1. The van der Waals surface area contributed by atoms with Crippen LogP contribution in [-0.2, 0) is 11.3 Å². The van der Waals surface area contributed by atoms with Crippen molar-refractivity contribution in [1.29, 1.82) is 0 Å². The molecule has 8 nitrogen and oxygen atoms in total. The number of aromatic nitrogens is 1. The molecule has 0 radical (unpaired) electrons. The number of carbonyl (C=O) groups is 1. The van der Waals surface area contributed by atoms with Crippen LogP contribution in [0.15, 0.2) is 10.7 Å². The summed E-state index contributed by atoms with van der Waals surface area (Å²) >= 11 is 0. The van der Waals surface area contributed by atoms with Gasteiger partial charge in [-0.2, -0.15) is 0 Å². The smallest absolute Gasteiger partial charge is 0.273 e. The number of piperazine rings is 1. The molecule has 166 valence electrons. The summed E-state index contributed by atoms with van der Waals surface area (Å²) in [4.78, 5) is 20.9. The van der Waals surface area contributed by atoms with E-state index in [-0.39, 0.29) is 11.5 Å². The van der Waals surface area contributed by atoms with Crippen LogP contribution >= 0.6 is 0 Å². The Balaban J connectivity index is 1.69. The molecule has 1 aliphatic rings. The Hall–Kier alpha value is -1.48. The Bertz CT molecular complexity index is 618. The maximum Gasteiger partial charge on any atom is 0.273 e. The van der Waals surface area contributed by atoms with Crippen molar-refractivity contribution in [2.45, 2.75) is 59.3 Å². The third-order valence-electron chi connectivity index (χ3n) is 4.79. The molecule has 0 spiro atoms. The molecular formula is C21H38N4O4. The number of nitrogens with one attached hydrogen (secondary N) is 1. The van der Waals surface area contributed by atoms with Crippen LogP contribution in [0.4, 0.5) is 0 Å². The second-order valence-electron chi connectivity index (χ2n) is 9.22. The first kappa shape index (κ1) is 23.8. The third kappa shape index (κ3) is 9.25. The number of oxazole rings is 1. The van der Waals surface area contributed by atoms with Crippen molar-refractivity contribution in [3.63, 3.8) is 0 Å². The minimum absolute atomic E-state index is 0.183. The molecule has 2 N–H and O–H groups in total. The summed E-state index contributed by atoms with van der Waals surface area (Å²) in [6.07, 6.45) is 1.89. The molecule has 8 heteroatoms. The summed E-state index contributed by atoms with van der Waals surface area (Å²) in [6.45, 7) is 15.9. The first-order valence-corrected chi connectivity index (χ1v) is 10.6. The van der Waals surface area contributed by atoms with Crippen LogP contribution in [0.1, 0.15) is 57.4 Å². The number of hydrogen-bond donors (Lipinski definition) is 2. The lowest BCUT2D eigenvalue weighted by molar-refractivity contribution is -0.0588. The second-order valence-corrected chi connectivity index (χ2v) is 9.22. The van der Waals surface area contributed by atoms with Crippen molar-refractivity contribution in [3.05, 3.63) is 17.8 Å². The van der Waals surface area contributed by atoms with Gasteiger partial charge in [0.25, 0.3) is 5.91 Å². The average Bonchev–Trinajstić information content (AvgIpc) is 3.09. The summed E-state index contributed by atoms with van der Waals surface area (Å²) < 4.78 is 11.1. The molecular weight excluding hydrogens is 372 g/mol. The van der Waals surface area contributed by atoms with E-state index < -0.39 is 6.10 Å². The first-order chi connectivity index (χ1) is 13.6. The van der Waals surface area contributed by atoms with Gasteiger partial charge in [-0.1, -0.05) is 13.8 Å². The molecule has 0 aromatic carbocycles. The number of carbonyl (C=O) groups excluding carboxylic acids is 1. The Labute approximate surface area is 174 Å². The normalized spacial score (nSPS) is 17.6. The van der Waals surface area contributed by atoms with Crippen LogP contribution in [0.25, 0.3) is 0 Å².